The number of halogens is 3. The molecule has 1 saturated carbocycles. The van der Waals surface area contributed by atoms with E-state index in [2.05, 4.69) is 0 Å². The lowest BCUT2D eigenvalue weighted by molar-refractivity contribution is -0.0845. The molecule has 1 nitrogen and oxygen atoms in total. The smallest absolute Gasteiger partial charge is 0.254 e. The Bertz CT molecular complexity index is 277. The minimum absolute atomic E-state index is 0.0259. The zero-order valence-electron chi connectivity index (χ0n) is 9.35. The van der Waals surface area contributed by atoms with Gasteiger partial charge in [-0.3, -0.25) is 4.21 Å². The van der Waals surface area contributed by atoms with Crippen molar-refractivity contribution in [3.8, 4) is 0 Å². The molecule has 1 atom stereocenters. The summed E-state index contributed by atoms with van der Waals surface area (Å²) < 4.78 is 49.3. The minimum Gasteiger partial charge on any atom is -0.254 e. The van der Waals surface area contributed by atoms with Crippen LogP contribution < -0.4 is 0 Å². The van der Waals surface area contributed by atoms with Crippen molar-refractivity contribution in [2.75, 3.05) is 5.75 Å². The van der Waals surface area contributed by atoms with Crippen LogP contribution in [0.25, 0.3) is 0 Å². The van der Waals surface area contributed by atoms with E-state index in [0.717, 1.165) is 32.1 Å². The van der Waals surface area contributed by atoms with Crippen molar-refractivity contribution >= 4 is 10.8 Å². The number of alkyl halides is 3. The molecule has 0 aromatic carbocycles. The highest BCUT2D eigenvalue weighted by atomic mass is 32.2. The molecule has 5 heteroatoms. The standard InChI is InChI=1S/C11H17F3OS/c1-2-16(15)10(11(12,13)14)8-9-6-4-3-5-7-9/h8-9H,2-7H2,1H3/b10-8-. The van der Waals surface area contributed by atoms with Gasteiger partial charge in [0.2, 0.25) is 0 Å². The van der Waals surface area contributed by atoms with E-state index in [9.17, 15) is 17.4 Å². The van der Waals surface area contributed by atoms with Gasteiger partial charge in [0.1, 0.15) is 4.91 Å². The Morgan fingerprint density at radius 1 is 1.31 bits per heavy atom. The molecule has 0 aromatic heterocycles. The van der Waals surface area contributed by atoms with E-state index in [0.29, 0.717) is 0 Å². The largest absolute Gasteiger partial charge is 0.424 e. The molecule has 0 spiro atoms. The SMILES string of the molecule is CCS(=O)/C(=C\C1CCCCC1)C(F)(F)F. The van der Waals surface area contributed by atoms with Crippen molar-refractivity contribution < 1.29 is 17.4 Å². The molecule has 94 valence electrons. The lowest BCUT2D eigenvalue weighted by Gasteiger charge is -2.20. The summed E-state index contributed by atoms with van der Waals surface area (Å²) in [5.41, 5.74) is 0. The Balaban J connectivity index is 2.82. The van der Waals surface area contributed by atoms with Gasteiger partial charge in [-0.1, -0.05) is 32.3 Å². The van der Waals surface area contributed by atoms with Crippen LogP contribution >= 0.6 is 0 Å². The monoisotopic (exact) mass is 254 g/mol. The molecular formula is C11H17F3OS. The average Bonchev–Trinajstić information content (AvgIpc) is 2.25. The maximum absolute atomic E-state index is 12.7. The van der Waals surface area contributed by atoms with Crippen molar-refractivity contribution in [2.45, 2.75) is 45.2 Å². The lowest BCUT2D eigenvalue weighted by Crippen LogP contribution is -2.19. The summed E-state index contributed by atoms with van der Waals surface area (Å²) in [7, 11) is -1.90. The van der Waals surface area contributed by atoms with Crippen LogP contribution in [0, 0.1) is 5.92 Å². The third kappa shape index (κ3) is 3.92. The topological polar surface area (TPSA) is 17.1 Å². The molecule has 0 aromatic rings. The molecule has 0 saturated heterocycles. The Hall–Kier alpha value is -0.320. The molecule has 0 amide bonds. The third-order valence-corrected chi connectivity index (χ3v) is 4.21. The molecule has 0 heterocycles. The number of hydrogen-bond donors (Lipinski definition) is 0. The van der Waals surface area contributed by atoms with Crippen molar-refractivity contribution in [2.24, 2.45) is 5.92 Å². The second-order valence-corrected chi connectivity index (χ2v) is 5.77. The van der Waals surface area contributed by atoms with Crippen LogP contribution in [0.4, 0.5) is 13.2 Å². The molecule has 1 aliphatic rings. The second kappa shape index (κ2) is 5.84. The van der Waals surface area contributed by atoms with Crippen molar-refractivity contribution in [3.05, 3.63) is 11.0 Å². The van der Waals surface area contributed by atoms with Crippen LogP contribution in [-0.2, 0) is 10.8 Å². The quantitative estimate of drug-likeness (QED) is 0.749. The zero-order chi connectivity index (χ0) is 12.2. The first-order valence-corrected chi connectivity index (χ1v) is 6.94. The summed E-state index contributed by atoms with van der Waals surface area (Å²) >= 11 is 0. The fraction of sp³-hybridized carbons (Fsp3) is 0.818. The summed E-state index contributed by atoms with van der Waals surface area (Å²) in [5, 5.41) is 0. The van der Waals surface area contributed by atoms with Gasteiger partial charge < -0.3 is 0 Å². The molecule has 1 unspecified atom stereocenters. The number of hydrogen-bond acceptors (Lipinski definition) is 1. The molecular weight excluding hydrogens is 237 g/mol. The maximum atomic E-state index is 12.7. The van der Waals surface area contributed by atoms with Crippen molar-refractivity contribution in [3.63, 3.8) is 0 Å². The van der Waals surface area contributed by atoms with Crippen LogP contribution in [0.15, 0.2) is 11.0 Å². The van der Waals surface area contributed by atoms with E-state index in [1.165, 1.54) is 13.0 Å². The molecule has 0 aliphatic heterocycles. The van der Waals surface area contributed by atoms with Crippen LogP contribution in [0.1, 0.15) is 39.0 Å². The highest BCUT2D eigenvalue weighted by molar-refractivity contribution is 7.89. The Morgan fingerprint density at radius 2 is 1.88 bits per heavy atom. The first-order valence-electron chi connectivity index (χ1n) is 5.62. The summed E-state index contributed by atoms with van der Waals surface area (Å²) in [6.45, 7) is 1.51. The van der Waals surface area contributed by atoms with E-state index in [4.69, 9.17) is 0 Å². The average molecular weight is 254 g/mol. The van der Waals surface area contributed by atoms with E-state index < -0.39 is 21.9 Å². The van der Waals surface area contributed by atoms with Gasteiger partial charge in [0.05, 0.1) is 10.8 Å². The molecule has 0 bridgehead atoms. The van der Waals surface area contributed by atoms with Gasteiger partial charge in [-0.15, -0.1) is 0 Å². The van der Waals surface area contributed by atoms with E-state index in [1.54, 1.807) is 0 Å². The van der Waals surface area contributed by atoms with Gasteiger partial charge in [-0.25, -0.2) is 0 Å². The maximum Gasteiger partial charge on any atom is 0.424 e. The van der Waals surface area contributed by atoms with Gasteiger partial charge in [0.25, 0.3) is 0 Å². The summed E-state index contributed by atoms with van der Waals surface area (Å²) in [6.07, 6.45) is 1.40. The second-order valence-electron chi connectivity index (χ2n) is 4.06. The molecule has 1 rings (SSSR count). The van der Waals surface area contributed by atoms with Crippen molar-refractivity contribution in [1.82, 2.24) is 0 Å². The summed E-state index contributed by atoms with van der Waals surface area (Å²) in [6, 6.07) is 0. The molecule has 16 heavy (non-hydrogen) atoms. The predicted octanol–water partition coefficient (Wildman–Crippen LogP) is 3.78. The molecule has 0 radical (unpaired) electrons. The number of allylic oxidation sites excluding steroid dienone is 2. The van der Waals surface area contributed by atoms with E-state index >= 15 is 0 Å². The van der Waals surface area contributed by atoms with Gasteiger partial charge in [-0.05, 0) is 18.8 Å². The fourth-order valence-electron chi connectivity index (χ4n) is 1.97. The molecule has 1 fully saturated rings. The van der Waals surface area contributed by atoms with Gasteiger partial charge in [0.15, 0.2) is 0 Å². The van der Waals surface area contributed by atoms with E-state index in [-0.39, 0.29) is 11.7 Å². The molecule has 1 aliphatic carbocycles. The third-order valence-electron chi connectivity index (χ3n) is 2.82. The Labute approximate surface area is 96.6 Å². The van der Waals surface area contributed by atoms with Crippen LogP contribution in [0.2, 0.25) is 0 Å². The van der Waals surface area contributed by atoms with Gasteiger partial charge in [0, 0.05) is 5.75 Å². The minimum atomic E-state index is -4.45. The van der Waals surface area contributed by atoms with Crippen molar-refractivity contribution in [1.29, 1.82) is 0 Å². The highest BCUT2D eigenvalue weighted by Gasteiger charge is 2.37. The zero-order valence-corrected chi connectivity index (χ0v) is 10.2. The highest BCUT2D eigenvalue weighted by Crippen LogP contribution is 2.33. The van der Waals surface area contributed by atoms with Crippen LogP contribution in [-0.4, -0.2) is 16.1 Å². The first kappa shape index (κ1) is 13.7. The summed E-state index contributed by atoms with van der Waals surface area (Å²) in [4.78, 5) is -0.832. The lowest BCUT2D eigenvalue weighted by atomic mass is 9.89. The fourth-order valence-corrected chi connectivity index (χ4v) is 2.88. The van der Waals surface area contributed by atoms with E-state index in [1.807, 2.05) is 0 Å². The van der Waals surface area contributed by atoms with Crippen LogP contribution in [0.3, 0.4) is 0 Å². The van der Waals surface area contributed by atoms with Gasteiger partial charge >= 0.3 is 6.18 Å². The summed E-state index contributed by atoms with van der Waals surface area (Å²) in [5.74, 6) is -0.0150. The molecule has 0 N–H and O–H groups in total. The Morgan fingerprint density at radius 3 is 2.31 bits per heavy atom. The predicted molar refractivity (Wildman–Crippen MR) is 59.4 cm³/mol. The van der Waals surface area contributed by atoms with Crippen LogP contribution in [0.5, 0.6) is 0 Å². The Kier molecular flexibility index (Phi) is 5.02. The van der Waals surface area contributed by atoms with Gasteiger partial charge in [-0.2, -0.15) is 13.2 Å². The number of rotatable bonds is 3. The first-order chi connectivity index (χ1) is 7.45. The normalized spacial score (nSPS) is 22.1.